The van der Waals surface area contributed by atoms with Crippen molar-refractivity contribution in [1.29, 1.82) is 0 Å². The standard InChI is InChI=1S/C11H24OSi/c1-5-9-13(10-6-2,11-7-3)12-8-4/h8H,4-7,9-11H2,1-3H3. The topological polar surface area (TPSA) is 9.23 Å². The molecule has 0 heterocycles. The lowest BCUT2D eigenvalue weighted by molar-refractivity contribution is 0.450. The van der Waals surface area contributed by atoms with Gasteiger partial charge in [0.1, 0.15) is 0 Å². The van der Waals surface area contributed by atoms with Crippen molar-refractivity contribution < 1.29 is 4.43 Å². The van der Waals surface area contributed by atoms with E-state index in [2.05, 4.69) is 27.4 Å². The molecule has 0 aromatic carbocycles. The van der Waals surface area contributed by atoms with Crippen LogP contribution in [0.2, 0.25) is 18.1 Å². The van der Waals surface area contributed by atoms with E-state index < -0.39 is 8.32 Å². The first-order valence-corrected chi connectivity index (χ1v) is 8.06. The zero-order valence-corrected chi connectivity index (χ0v) is 10.4. The molecule has 0 saturated heterocycles. The van der Waals surface area contributed by atoms with E-state index in [0.717, 1.165) is 0 Å². The van der Waals surface area contributed by atoms with Gasteiger partial charge in [0, 0.05) is 0 Å². The van der Waals surface area contributed by atoms with E-state index >= 15 is 0 Å². The molecule has 0 aromatic heterocycles. The summed E-state index contributed by atoms with van der Waals surface area (Å²) in [4.78, 5) is 0. The Hall–Kier alpha value is -0.243. The van der Waals surface area contributed by atoms with Crippen LogP contribution in [0.1, 0.15) is 40.0 Å². The molecule has 0 fully saturated rings. The first-order chi connectivity index (χ1) is 6.24. The van der Waals surface area contributed by atoms with E-state index in [1.54, 1.807) is 6.26 Å². The molecular weight excluding hydrogens is 176 g/mol. The van der Waals surface area contributed by atoms with Gasteiger partial charge in [0.25, 0.3) is 0 Å². The van der Waals surface area contributed by atoms with Crippen molar-refractivity contribution in [2.24, 2.45) is 0 Å². The van der Waals surface area contributed by atoms with E-state index in [-0.39, 0.29) is 0 Å². The Morgan fingerprint density at radius 2 is 1.38 bits per heavy atom. The number of hydrogen-bond acceptors (Lipinski definition) is 1. The van der Waals surface area contributed by atoms with Crippen LogP contribution in [0.5, 0.6) is 0 Å². The lowest BCUT2D eigenvalue weighted by Crippen LogP contribution is -2.35. The minimum Gasteiger partial charge on any atom is -0.550 e. The van der Waals surface area contributed by atoms with Crippen LogP contribution in [0.25, 0.3) is 0 Å². The molecule has 0 saturated carbocycles. The molecule has 0 rings (SSSR count). The highest BCUT2D eigenvalue weighted by Crippen LogP contribution is 2.27. The van der Waals surface area contributed by atoms with Gasteiger partial charge < -0.3 is 4.43 Å². The molecule has 0 aromatic rings. The fourth-order valence-corrected chi connectivity index (χ4v) is 6.29. The Morgan fingerprint density at radius 3 is 1.62 bits per heavy atom. The van der Waals surface area contributed by atoms with Gasteiger partial charge in [0.15, 0.2) is 0 Å². The summed E-state index contributed by atoms with van der Waals surface area (Å²) in [6.07, 6.45) is 5.42. The Kier molecular flexibility index (Phi) is 7.05. The van der Waals surface area contributed by atoms with E-state index in [0.29, 0.717) is 0 Å². The van der Waals surface area contributed by atoms with Gasteiger partial charge in [-0.25, -0.2) is 0 Å². The monoisotopic (exact) mass is 200 g/mol. The third-order valence-electron chi connectivity index (χ3n) is 2.45. The Bertz CT molecular complexity index is 117. The maximum absolute atomic E-state index is 5.85. The maximum Gasteiger partial charge on any atom is 0.250 e. The third-order valence-corrected chi connectivity index (χ3v) is 7.35. The van der Waals surface area contributed by atoms with Crippen LogP contribution in [0.4, 0.5) is 0 Å². The van der Waals surface area contributed by atoms with Gasteiger partial charge in [-0.1, -0.05) is 46.6 Å². The minimum atomic E-state index is -1.41. The van der Waals surface area contributed by atoms with Gasteiger partial charge in [-0.15, -0.1) is 0 Å². The highest BCUT2D eigenvalue weighted by molar-refractivity contribution is 6.73. The molecule has 2 heteroatoms. The van der Waals surface area contributed by atoms with Crippen molar-refractivity contribution in [2.45, 2.75) is 58.2 Å². The zero-order chi connectivity index (χ0) is 10.2. The van der Waals surface area contributed by atoms with Crippen LogP contribution in [0.3, 0.4) is 0 Å². The molecule has 0 atom stereocenters. The van der Waals surface area contributed by atoms with Crippen LogP contribution in [0, 0.1) is 0 Å². The molecule has 0 spiro atoms. The number of rotatable bonds is 8. The van der Waals surface area contributed by atoms with Gasteiger partial charge in [-0.2, -0.15) is 0 Å². The third kappa shape index (κ3) is 4.51. The molecule has 0 unspecified atom stereocenters. The maximum atomic E-state index is 5.85. The van der Waals surface area contributed by atoms with Crippen LogP contribution < -0.4 is 0 Å². The van der Waals surface area contributed by atoms with Crippen molar-refractivity contribution >= 4 is 8.32 Å². The molecule has 0 bridgehead atoms. The van der Waals surface area contributed by atoms with Gasteiger partial charge in [-0.05, 0) is 18.1 Å². The highest BCUT2D eigenvalue weighted by atomic mass is 28.4. The van der Waals surface area contributed by atoms with E-state index in [1.165, 1.54) is 37.4 Å². The average molecular weight is 200 g/mol. The average Bonchev–Trinajstić information content (AvgIpc) is 2.06. The van der Waals surface area contributed by atoms with Crippen molar-refractivity contribution in [3.63, 3.8) is 0 Å². The summed E-state index contributed by atoms with van der Waals surface area (Å²) in [5, 5.41) is 0. The predicted octanol–water partition coefficient (Wildman–Crippen LogP) is 4.32. The molecule has 78 valence electrons. The molecule has 0 radical (unpaired) electrons. The normalized spacial score (nSPS) is 11.3. The van der Waals surface area contributed by atoms with E-state index in [1.807, 2.05) is 0 Å². The molecule has 0 aliphatic carbocycles. The van der Waals surface area contributed by atoms with E-state index in [4.69, 9.17) is 4.43 Å². The molecule has 0 aliphatic heterocycles. The molecule has 0 N–H and O–H groups in total. The molecule has 0 aliphatic rings. The van der Waals surface area contributed by atoms with Crippen molar-refractivity contribution in [3.05, 3.63) is 12.8 Å². The van der Waals surface area contributed by atoms with Gasteiger partial charge in [0.2, 0.25) is 8.32 Å². The van der Waals surface area contributed by atoms with Crippen LogP contribution in [0.15, 0.2) is 12.8 Å². The predicted molar refractivity (Wildman–Crippen MR) is 62.3 cm³/mol. The van der Waals surface area contributed by atoms with Crippen LogP contribution in [-0.4, -0.2) is 8.32 Å². The van der Waals surface area contributed by atoms with Gasteiger partial charge in [-0.3, -0.25) is 0 Å². The van der Waals surface area contributed by atoms with Crippen molar-refractivity contribution in [1.82, 2.24) is 0 Å². The molecular formula is C11H24OSi. The lowest BCUT2D eigenvalue weighted by atomic mass is 10.6. The van der Waals surface area contributed by atoms with Crippen molar-refractivity contribution in [2.75, 3.05) is 0 Å². The Morgan fingerprint density at radius 1 is 1.00 bits per heavy atom. The Labute approximate surface area is 84.3 Å². The second-order valence-electron chi connectivity index (χ2n) is 3.72. The number of hydrogen-bond donors (Lipinski definition) is 0. The fourth-order valence-electron chi connectivity index (χ4n) is 2.10. The highest BCUT2D eigenvalue weighted by Gasteiger charge is 2.32. The van der Waals surface area contributed by atoms with Gasteiger partial charge >= 0.3 is 0 Å². The molecule has 1 nitrogen and oxygen atoms in total. The van der Waals surface area contributed by atoms with Crippen LogP contribution >= 0.6 is 0 Å². The van der Waals surface area contributed by atoms with E-state index in [9.17, 15) is 0 Å². The second-order valence-corrected chi connectivity index (χ2v) is 7.82. The first-order valence-electron chi connectivity index (χ1n) is 5.53. The summed E-state index contributed by atoms with van der Waals surface area (Å²) in [6.45, 7) is 10.5. The second kappa shape index (κ2) is 7.19. The van der Waals surface area contributed by atoms with Crippen molar-refractivity contribution in [3.8, 4) is 0 Å². The fraction of sp³-hybridized carbons (Fsp3) is 0.818. The summed E-state index contributed by atoms with van der Waals surface area (Å²) in [6, 6.07) is 3.88. The summed E-state index contributed by atoms with van der Waals surface area (Å²) in [5.41, 5.74) is 0. The molecule has 13 heavy (non-hydrogen) atoms. The summed E-state index contributed by atoms with van der Waals surface area (Å²) < 4.78 is 5.85. The van der Waals surface area contributed by atoms with Crippen LogP contribution in [-0.2, 0) is 4.43 Å². The lowest BCUT2D eigenvalue weighted by Gasteiger charge is -2.29. The summed E-state index contributed by atoms with van der Waals surface area (Å²) in [5.74, 6) is 0. The Balaban J connectivity index is 4.27. The van der Waals surface area contributed by atoms with Gasteiger partial charge in [0.05, 0.1) is 6.26 Å². The smallest absolute Gasteiger partial charge is 0.250 e. The molecule has 0 amide bonds. The SMILES string of the molecule is C=CO[Si](CCC)(CCC)CCC. The largest absolute Gasteiger partial charge is 0.550 e. The zero-order valence-electron chi connectivity index (χ0n) is 9.44. The minimum absolute atomic E-state index is 1.25. The quantitative estimate of drug-likeness (QED) is 0.419. The first kappa shape index (κ1) is 12.8. The summed E-state index contributed by atoms with van der Waals surface area (Å²) in [7, 11) is -1.41. The summed E-state index contributed by atoms with van der Waals surface area (Å²) >= 11 is 0.